The molecule has 3 aromatic carbocycles. The Balaban J connectivity index is 1.79. The van der Waals surface area contributed by atoms with Crippen LogP contribution in [-0.4, -0.2) is 40.2 Å². The Kier molecular flexibility index (Phi) is 8.27. The average Bonchev–Trinajstić information content (AvgIpc) is 2.84. The fourth-order valence-electron chi connectivity index (χ4n) is 2.84. The van der Waals surface area contributed by atoms with Crippen LogP contribution in [0.5, 0.6) is 0 Å². The maximum atomic E-state index is 13.3. The van der Waals surface area contributed by atoms with Crippen LogP contribution < -0.4 is 9.73 Å². The lowest BCUT2D eigenvalue weighted by Gasteiger charge is -2.24. The molecule has 0 aliphatic rings. The second kappa shape index (κ2) is 11.1. The van der Waals surface area contributed by atoms with Gasteiger partial charge >= 0.3 is 5.97 Å². The number of benzene rings is 3. The predicted molar refractivity (Wildman–Crippen MR) is 131 cm³/mol. The van der Waals surface area contributed by atoms with E-state index in [4.69, 9.17) is 23.2 Å². The van der Waals surface area contributed by atoms with E-state index in [1.165, 1.54) is 43.7 Å². The van der Waals surface area contributed by atoms with Gasteiger partial charge in [-0.05, 0) is 48.0 Å². The van der Waals surface area contributed by atoms with E-state index >= 15 is 0 Å². The Morgan fingerprint density at radius 2 is 1.68 bits per heavy atom. The number of hydrogen-bond donors (Lipinski definition) is 1. The molecule has 1 amide bonds. The van der Waals surface area contributed by atoms with Gasteiger partial charge in [0.15, 0.2) is 0 Å². The van der Waals surface area contributed by atoms with Crippen molar-refractivity contribution in [1.82, 2.24) is 5.43 Å². The quantitative estimate of drug-likeness (QED) is 0.273. The van der Waals surface area contributed by atoms with Crippen molar-refractivity contribution in [3.63, 3.8) is 0 Å². The fourth-order valence-corrected chi connectivity index (χ4v) is 4.57. The zero-order chi connectivity index (χ0) is 24.7. The van der Waals surface area contributed by atoms with Gasteiger partial charge in [0.25, 0.3) is 15.9 Å². The largest absolute Gasteiger partial charge is 0.465 e. The molecule has 0 aliphatic carbocycles. The number of carbonyl (C=O) groups is 2. The Hall–Kier alpha value is -3.40. The molecule has 0 aromatic heterocycles. The number of amides is 1. The highest BCUT2D eigenvalue weighted by molar-refractivity contribution is 7.92. The summed E-state index contributed by atoms with van der Waals surface area (Å²) < 4.78 is 32.1. The van der Waals surface area contributed by atoms with Gasteiger partial charge in [-0.3, -0.25) is 9.10 Å². The average molecular weight is 520 g/mol. The molecule has 0 atom stereocenters. The molecule has 0 saturated heterocycles. The highest BCUT2D eigenvalue weighted by Crippen LogP contribution is 2.30. The van der Waals surface area contributed by atoms with E-state index < -0.39 is 28.4 Å². The molecule has 8 nitrogen and oxygen atoms in total. The third-order valence-electron chi connectivity index (χ3n) is 4.54. The second-order valence-corrected chi connectivity index (χ2v) is 9.51. The van der Waals surface area contributed by atoms with E-state index in [0.29, 0.717) is 11.1 Å². The summed E-state index contributed by atoms with van der Waals surface area (Å²) >= 11 is 12.0. The predicted octanol–water partition coefficient (Wildman–Crippen LogP) is 4.13. The van der Waals surface area contributed by atoms with E-state index in [9.17, 15) is 18.0 Å². The summed E-state index contributed by atoms with van der Waals surface area (Å²) in [6.07, 6.45) is 1.36. The number of nitrogens with one attached hydrogen (secondary N) is 1. The number of halogens is 2. The van der Waals surface area contributed by atoms with Crippen LogP contribution in [0.1, 0.15) is 15.9 Å². The van der Waals surface area contributed by atoms with Gasteiger partial charge in [-0.2, -0.15) is 5.10 Å². The molecule has 11 heteroatoms. The van der Waals surface area contributed by atoms with Crippen LogP contribution in [0.25, 0.3) is 0 Å². The minimum atomic E-state index is -4.10. The number of sulfonamides is 1. The molecule has 0 aliphatic heterocycles. The standard InChI is InChI=1S/C23H19Cl2N3O5S/c1-33-23(30)17-9-7-16(8-10-17)14-26-27-22(29)15-28(18-11-12-20(24)21(25)13-18)34(31,32)19-5-3-2-4-6-19/h2-14H,15H2,1H3,(H,27,29)/b26-14-. The van der Waals surface area contributed by atoms with Crippen molar-refractivity contribution in [3.8, 4) is 0 Å². The maximum absolute atomic E-state index is 13.3. The summed E-state index contributed by atoms with van der Waals surface area (Å²) in [6, 6.07) is 18.3. The van der Waals surface area contributed by atoms with E-state index in [0.717, 1.165) is 4.31 Å². The molecule has 0 bridgehead atoms. The van der Waals surface area contributed by atoms with Crippen LogP contribution in [0.4, 0.5) is 5.69 Å². The molecule has 0 heterocycles. The Bertz CT molecular complexity index is 1310. The molecule has 1 N–H and O–H groups in total. The first kappa shape index (κ1) is 25.2. The monoisotopic (exact) mass is 519 g/mol. The Morgan fingerprint density at radius 3 is 2.29 bits per heavy atom. The molecule has 0 saturated carbocycles. The zero-order valence-electron chi connectivity index (χ0n) is 17.8. The van der Waals surface area contributed by atoms with Gasteiger partial charge in [0.2, 0.25) is 0 Å². The van der Waals surface area contributed by atoms with Gasteiger partial charge in [0.05, 0.1) is 39.5 Å². The zero-order valence-corrected chi connectivity index (χ0v) is 20.1. The minimum Gasteiger partial charge on any atom is -0.465 e. The molecule has 0 spiro atoms. The summed E-state index contributed by atoms with van der Waals surface area (Å²) in [5.74, 6) is -1.16. The first-order valence-corrected chi connectivity index (χ1v) is 11.9. The van der Waals surface area contributed by atoms with Crippen molar-refractivity contribution in [2.24, 2.45) is 5.10 Å². The summed E-state index contributed by atoms with van der Waals surface area (Å²) in [4.78, 5) is 24.1. The number of rotatable bonds is 8. The number of anilines is 1. The van der Waals surface area contributed by atoms with Crippen molar-refractivity contribution < 1.29 is 22.7 Å². The molecular weight excluding hydrogens is 501 g/mol. The van der Waals surface area contributed by atoms with E-state index in [-0.39, 0.29) is 20.6 Å². The third kappa shape index (κ3) is 6.13. The van der Waals surface area contributed by atoms with Gasteiger partial charge in [-0.15, -0.1) is 0 Å². The summed E-state index contributed by atoms with van der Waals surface area (Å²) in [5.41, 5.74) is 3.44. The molecule has 3 aromatic rings. The number of carbonyl (C=O) groups excluding carboxylic acids is 2. The highest BCUT2D eigenvalue weighted by Gasteiger charge is 2.27. The van der Waals surface area contributed by atoms with Crippen molar-refractivity contribution >= 4 is 57.0 Å². The SMILES string of the molecule is COC(=O)c1ccc(/C=N\NC(=O)CN(c2ccc(Cl)c(Cl)c2)S(=O)(=O)c2ccccc2)cc1. The highest BCUT2D eigenvalue weighted by atomic mass is 35.5. The molecule has 176 valence electrons. The van der Waals surface area contributed by atoms with Gasteiger partial charge in [-0.1, -0.05) is 53.5 Å². The van der Waals surface area contributed by atoms with Crippen LogP contribution in [0.15, 0.2) is 82.8 Å². The molecule has 3 rings (SSSR count). The van der Waals surface area contributed by atoms with Gasteiger partial charge < -0.3 is 4.74 Å². The first-order valence-electron chi connectivity index (χ1n) is 9.75. The lowest BCUT2D eigenvalue weighted by molar-refractivity contribution is -0.119. The van der Waals surface area contributed by atoms with E-state index in [2.05, 4.69) is 15.3 Å². The van der Waals surface area contributed by atoms with Crippen molar-refractivity contribution in [2.75, 3.05) is 18.0 Å². The van der Waals surface area contributed by atoms with E-state index in [1.807, 2.05) is 0 Å². The molecular formula is C23H19Cl2N3O5S. The lowest BCUT2D eigenvalue weighted by Crippen LogP contribution is -2.39. The topological polar surface area (TPSA) is 105 Å². The number of hydrogen-bond acceptors (Lipinski definition) is 6. The Labute approximate surface area is 206 Å². The molecule has 0 unspecified atom stereocenters. The lowest BCUT2D eigenvalue weighted by atomic mass is 10.1. The van der Waals surface area contributed by atoms with Crippen LogP contribution >= 0.6 is 23.2 Å². The van der Waals surface area contributed by atoms with Crippen molar-refractivity contribution in [2.45, 2.75) is 4.90 Å². The number of hydrazone groups is 1. The number of nitrogens with zero attached hydrogens (tertiary/aromatic N) is 2. The van der Waals surface area contributed by atoms with Crippen LogP contribution in [0, 0.1) is 0 Å². The fraction of sp³-hybridized carbons (Fsp3) is 0.0870. The number of ether oxygens (including phenoxy) is 1. The first-order chi connectivity index (χ1) is 16.2. The van der Waals surface area contributed by atoms with Crippen LogP contribution in [-0.2, 0) is 19.6 Å². The maximum Gasteiger partial charge on any atom is 0.337 e. The van der Waals surface area contributed by atoms with Crippen LogP contribution in [0.3, 0.4) is 0 Å². The number of methoxy groups -OCH3 is 1. The van der Waals surface area contributed by atoms with Gasteiger partial charge in [0, 0.05) is 0 Å². The summed E-state index contributed by atoms with van der Waals surface area (Å²) in [7, 11) is -2.81. The normalized spacial score (nSPS) is 11.3. The van der Waals surface area contributed by atoms with E-state index in [1.54, 1.807) is 42.5 Å². The van der Waals surface area contributed by atoms with Crippen molar-refractivity contribution in [1.29, 1.82) is 0 Å². The Morgan fingerprint density at radius 1 is 1.00 bits per heavy atom. The van der Waals surface area contributed by atoms with Gasteiger partial charge in [0.1, 0.15) is 6.54 Å². The minimum absolute atomic E-state index is 0.00284. The molecule has 0 radical (unpaired) electrons. The molecule has 34 heavy (non-hydrogen) atoms. The summed E-state index contributed by atoms with van der Waals surface area (Å²) in [5, 5.41) is 4.25. The second-order valence-electron chi connectivity index (χ2n) is 6.83. The number of esters is 1. The van der Waals surface area contributed by atoms with Gasteiger partial charge in [-0.25, -0.2) is 18.6 Å². The van der Waals surface area contributed by atoms with Crippen LogP contribution in [0.2, 0.25) is 10.0 Å². The van der Waals surface area contributed by atoms with Crippen molar-refractivity contribution in [3.05, 3.63) is 94.0 Å². The molecule has 0 fully saturated rings. The smallest absolute Gasteiger partial charge is 0.337 e. The third-order valence-corrected chi connectivity index (χ3v) is 7.07. The summed E-state index contributed by atoms with van der Waals surface area (Å²) in [6.45, 7) is -0.562.